The molecule has 0 aliphatic carbocycles. The molecule has 2 N–H and O–H groups in total. The van der Waals surface area contributed by atoms with Crippen molar-refractivity contribution in [1.29, 1.82) is 0 Å². The maximum Gasteiger partial charge on any atom is 0.259 e. The first kappa shape index (κ1) is 22.4. The quantitative estimate of drug-likeness (QED) is 0.376. The SMILES string of the molecule is Cn1c(=O)c(-c2ccc(-c3cncs3)cc2)cc2cnc(Nc3ccc(N4CCNCC4)cc3)nc21. The lowest BCUT2D eigenvalue weighted by Gasteiger charge is -2.29. The molecule has 1 aliphatic rings. The third-order valence-corrected chi connectivity index (χ3v) is 7.29. The Morgan fingerprint density at radius 1 is 0.972 bits per heavy atom. The molecule has 6 rings (SSSR count). The van der Waals surface area contributed by atoms with Gasteiger partial charge in [0.15, 0.2) is 0 Å². The average molecular weight is 496 g/mol. The Hall–Kier alpha value is -4.08. The van der Waals surface area contributed by atoms with Gasteiger partial charge in [-0.15, -0.1) is 11.3 Å². The van der Waals surface area contributed by atoms with Crippen molar-refractivity contribution in [3.05, 3.63) is 82.9 Å². The Kier molecular flexibility index (Phi) is 5.92. The highest BCUT2D eigenvalue weighted by Crippen LogP contribution is 2.27. The molecule has 1 saturated heterocycles. The van der Waals surface area contributed by atoms with Gasteiger partial charge < -0.3 is 15.5 Å². The molecule has 0 atom stereocenters. The number of nitrogens with one attached hydrogen (secondary N) is 2. The molecule has 8 nitrogen and oxygen atoms in total. The predicted octanol–water partition coefficient (Wildman–Crippen LogP) is 4.27. The number of rotatable bonds is 5. The number of thiazole rings is 1. The highest BCUT2D eigenvalue weighted by atomic mass is 32.1. The lowest BCUT2D eigenvalue weighted by Crippen LogP contribution is -2.43. The van der Waals surface area contributed by atoms with Crippen molar-refractivity contribution in [2.24, 2.45) is 7.05 Å². The fourth-order valence-corrected chi connectivity index (χ4v) is 5.12. The fourth-order valence-electron chi connectivity index (χ4n) is 4.49. The van der Waals surface area contributed by atoms with Crippen molar-refractivity contribution in [2.45, 2.75) is 0 Å². The number of fused-ring (bicyclic) bond motifs is 1. The molecule has 4 heterocycles. The van der Waals surface area contributed by atoms with Gasteiger partial charge in [-0.2, -0.15) is 4.98 Å². The Morgan fingerprint density at radius 2 is 1.72 bits per heavy atom. The number of hydrogen-bond acceptors (Lipinski definition) is 8. The summed E-state index contributed by atoms with van der Waals surface area (Å²) in [7, 11) is 1.75. The van der Waals surface area contributed by atoms with E-state index in [2.05, 4.69) is 42.6 Å². The van der Waals surface area contributed by atoms with Crippen LogP contribution < -0.4 is 21.1 Å². The molecule has 36 heavy (non-hydrogen) atoms. The van der Waals surface area contributed by atoms with Crippen molar-refractivity contribution in [2.75, 3.05) is 36.4 Å². The summed E-state index contributed by atoms with van der Waals surface area (Å²) in [6, 6.07) is 18.1. The van der Waals surface area contributed by atoms with Gasteiger partial charge >= 0.3 is 0 Å². The molecule has 0 radical (unpaired) electrons. The van der Waals surface area contributed by atoms with E-state index in [1.54, 1.807) is 29.1 Å². The summed E-state index contributed by atoms with van der Waals surface area (Å²) >= 11 is 1.59. The number of hydrogen-bond donors (Lipinski definition) is 2. The van der Waals surface area contributed by atoms with Crippen LogP contribution in [0.15, 0.2) is 77.3 Å². The van der Waals surface area contributed by atoms with Crippen LogP contribution >= 0.6 is 11.3 Å². The zero-order chi connectivity index (χ0) is 24.5. The molecule has 1 fully saturated rings. The Labute approximate surface area is 212 Å². The van der Waals surface area contributed by atoms with Crippen LogP contribution in [0.2, 0.25) is 0 Å². The van der Waals surface area contributed by atoms with E-state index in [9.17, 15) is 4.79 Å². The molecule has 0 unspecified atom stereocenters. The molecule has 1 aliphatic heterocycles. The topological polar surface area (TPSA) is 88.0 Å². The van der Waals surface area contributed by atoms with E-state index in [-0.39, 0.29) is 5.56 Å². The fraction of sp³-hybridized carbons (Fsp3) is 0.185. The van der Waals surface area contributed by atoms with E-state index in [4.69, 9.17) is 0 Å². The second-order valence-electron chi connectivity index (χ2n) is 8.75. The van der Waals surface area contributed by atoms with Crippen LogP contribution in [0.5, 0.6) is 0 Å². The molecule has 0 spiro atoms. The minimum Gasteiger partial charge on any atom is -0.369 e. The first-order valence-electron chi connectivity index (χ1n) is 11.8. The highest BCUT2D eigenvalue weighted by Gasteiger charge is 2.13. The monoisotopic (exact) mass is 495 g/mol. The largest absolute Gasteiger partial charge is 0.369 e. The minimum atomic E-state index is -0.0990. The summed E-state index contributed by atoms with van der Waals surface area (Å²) in [6.07, 6.45) is 3.60. The van der Waals surface area contributed by atoms with Gasteiger partial charge in [-0.25, -0.2) is 4.98 Å². The summed E-state index contributed by atoms with van der Waals surface area (Å²) < 4.78 is 1.59. The van der Waals surface area contributed by atoms with Crippen molar-refractivity contribution in [1.82, 2.24) is 24.8 Å². The van der Waals surface area contributed by atoms with Crippen LogP contribution in [-0.2, 0) is 7.05 Å². The van der Waals surface area contributed by atoms with E-state index in [1.165, 1.54) is 5.69 Å². The summed E-state index contributed by atoms with van der Waals surface area (Å²) in [5, 5.41) is 7.45. The predicted molar refractivity (Wildman–Crippen MR) is 146 cm³/mol. The number of benzene rings is 2. The second-order valence-corrected chi connectivity index (χ2v) is 9.63. The van der Waals surface area contributed by atoms with Gasteiger partial charge in [0.25, 0.3) is 5.56 Å². The molecule has 0 amide bonds. The number of anilines is 3. The van der Waals surface area contributed by atoms with Crippen molar-refractivity contribution in [3.8, 4) is 21.6 Å². The molecule has 2 aromatic carbocycles. The standard InChI is InChI=1S/C27H25N7OS/c1-33-25-20(14-23(26(33)35)18-2-4-19(5-3-18)24-16-29-17-36-24)15-30-27(32-25)31-21-6-8-22(9-7-21)34-12-10-28-11-13-34/h2-9,14-17,28H,10-13H2,1H3,(H,30,31,32). The molecule has 3 aromatic heterocycles. The lowest BCUT2D eigenvalue weighted by molar-refractivity contribution is 0.589. The number of aryl methyl sites for hydroxylation is 1. The van der Waals surface area contributed by atoms with E-state index in [1.807, 2.05) is 54.2 Å². The highest BCUT2D eigenvalue weighted by molar-refractivity contribution is 7.13. The van der Waals surface area contributed by atoms with Gasteiger partial charge in [-0.1, -0.05) is 24.3 Å². The third kappa shape index (κ3) is 4.34. The van der Waals surface area contributed by atoms with Crippen LogP contribution in [0, 0.1) is 0 Å². The average Bonchev–Trinajstić information content (AvgIpc) is 3.47. The zero-order valence-electron chi connectivity index (χ0n) is 19.8. The van der Waals surface area contributed by atoms with Crippen molar-refractivity contribution < 1.29 is 0 Å². The van der Waals surface area contributed by atoms with Gasteiger partial charge in [-0.3, -0.25) is 14.3 Å². The van der Waals surface area contributed by atoms with Crippen LogP contribution in [0.1, 0.15) is 0 Å². The summed E-state index contributed by atoms with van der Waals surface area (Å²) in [5.74, 6) is 0.453. The Morgan fingerprint density at radius 3 is 2.44 bits per heavy atom. The third-order valence-electron chi connectivity index (χ3n) is 6.47. The molecule has 5 aromatic rings. The van der Waals surface area contributed by atoms with Crippen LogP contribution in [0.4, 0.5) is 17.3 Å². The normalized spacial score (nSPS) is 13.8. The van der Waals surface area contributed by atoms with Gasteiger partial charge in [-0.05, 0) is 41.5 Å². The molecule has 0 saturated carbocycles. The van der Waals surface area contributed by atoms with E-state index >= 15 is 0 Å². The van der Waals surface area contributed by atoms with E-state index in [0.717, 1.165) is 53.3 Å². The van der Waals surface area contributed by atoms with Gasteiger partial charge in [0.05, 0.1) is 10.4 Å². The number of piperazine rings is 1. The van der Waals surface area contributed by atoms with Crippen molar-refractivity contribution in [3.63, 3.8) is 0 Å². The van der Waals surface area contributed by atoms with Gasteiger partial charge in [0.1, 0.15) is 5.65 Å². The smallest absolute Gasteiger partial charge is 0.259 e. The van der Waals surface area contributed by atoms with E-state index in [0.29, 0.717) is 17.2 Å². The first-order valence-corrected chi connectivity index (χ1v) is 12.7. The van der Waals surface area contributed by atoms with Crippen LogP contribution in [-0.4, -0.2) is 45.7 Å². The number of aromatic nitrogens is 4. The second kappa shape index (κ2) is 9.52. The minimum absolute atomic E-state index is 0.0990. The number of nitrogens with zero attached hydrogens (tertiary/aromatic N) is 5. The number of pyridine rings is 1. The van der Waals surface area contributed by atoms with Gasteiger partial charge in [0.2, 0.25) is 5.95 Å². The first-order chi connectivity index (χ1) is 17.7. The summed E-state index contributed by atoms with van der Waals surface area (Å²) in [4.78, 5) is 30.0. The lowest BCUT2D eigenvalue weighted by atomic mass is 10.0. The summed E-state index contributed by atoms with van der Waals surface area (Å²) in [6.45, 7) is 4.02. The maximum absolute atomic E-state index is 13.2. The molecule has 180 valence electrons. The Balaban J connectivity index is 1.26. The van der Waals surface area contributed by atoms with Crippen LogP contribution in [0.25, 0.3) is 32.6 Å². The molecular formula is C27H25N7OS. The van der Waals surface area contributed by atoms with E-state index < -0.39 is 0 Å². The van der Waals surface area contributed by atoms with Gasteiger partial charge in [0, 0.05) is 67.9 Å². The zero-order valence-corrected chi connectivity index (χ0v) is 20.6. The maximum atomic E-state index is 13.2. The van der Waals surface area contributed by atoms with Crippen LogP contribution in [0.3, 0.4) is 0 Å². The molecular weight excluding hydrogens is 470 g/mol. The molecule has 9 heteroatoms. The molecule has 0 bridgehead atoms. The Bertz CT molecular complexity index is 1560. The van der Waals surface area contributed by atoms with Crippen molar-refractivity contribution >= 4 is 39.7 Å². The summed E-state index contributed by atoms with van der Waals surface area (Å²) in [5.41, 5.74) is 6.96.